The van der Waals surface area contributed by atoms with E-state index in [0.29, 0.717) is 25.5 Å². The van der Waals surface area contributed by atoms with Gasteiger partial charge in [-0.15, -0.1) is 0 Å². The molecule has 0 saturated heterocycles. The van der Waals surface area contributed by atoms with Crippen molar-refractivity contribution in [2.24, 2.45) is 5.92 Å². The highest BCUT2D eigenvalue weighted by molar-refractivity contribution is 7.88. The third-order valence-electron chi connectivity index (χ3n) is 2.44. The van der Waals surface area contributed by atoms with Gasteiger partial charge in [0, 0.05) is 19.8 Å². The van der Waals surface area contributed by atoms with Gasteiger partial charge < -0.3 is 4.74 Å². The summed E-state index contributed by atoms with van der Waals surface area (Å²) >= 11 is 0. The van der Waals surface area contributed by atoms with Gasteiger partial charge in [0.05, 0.1) is 5.75 Å². The third-order valence-corrected chi connectivity index (χ3v) is 3.80. The van der Waals surface area contributed by atoms with Crippen LogP contribution in [0.25, 0.3) is 0 Å². The smallest absolute Gasteiger partial charge is 0.215 e. The van der Waals surface area contributed by atoms with Crippen LogP contribution < -0.4 is 4.72 Å². The second kappa shape index (κ2) is 8.30. The molecule has 1 N–H and O–H groups in total. The molecule has 0 amide bonds. The Kier molecular flexibility index (Phi) is 7.05. The maximum Gasteiger partial charge on any atom is 0.215 e. The molecule has 19 heavy (non-hydrogen) atoms. The molecule has 108 valence electrons. The summed E-state index contributed by atoms with van der Waals surface area (Å²) in [6.45, 7) is 5.90. The standard InChI is InChI=1S/C14H23NO3S/c1-13(2)11-18-10-6-9-15-19(16,17)12-14-7-4-3-5-8-14/h3-5,7-8,13,15H,6,9-12H2,1-2H3. The van der Waals surface area contributed by atoms with Crippen molar-refractivity contribution >= 4 is 10.0 Å². The first-order valence-electron chi connectivity index (χ1n) is 6.58. The van der Waals surface area contributed by atoms with Crippen molar-refractivity contribution in [3.8, 4) is 0 Å². The Bertz CT molecular complexity index is 443. The predicted octanol–water partition coefficient (Wildman–Crippen LogP) is 2.17. The number of hydrogen-bond acceptors (Lipinski definition) is 3. The van der Waals surface area contributed by atoms with E-state index in [9.17, 15) is 8.42 Å². The van der Waals surface area contributed by atoms with E-state index >= 15 is 0 Å². The van der Waals surface area contributed by atoms with Crippen LogP contribution in [0.1, 0.15) is 25.8 Å². The molecule has 1 rings (SSSR count). The molecule has 0 unspecified atom stereocenters. The van der Waals surface area contributed by atoms with Crippen molar-refractivity contribution < 1.29 is 13.2 Å². The summed E-state index contributed by atoms with van der Waals surface area (Å²) in [5, 5.41) is 0. The van der Waals surface area contributed by atoms with Crippen LogP contribution >= 0.6 is 0 Å². The van der Waals surface area contributed by atoms with Crippen LogP contribution in [0, 0.1) is 5.92 Å². The minimum absolute atomic E-state index is 0.0285. The molecule has 4 nitrogen and oxygen atoms in total. The maximum atomic E-state index is 11.8. The highest BCUT2D eigenvalue weighted by atomic mass is 32.2. The molecule has 0 aliphatic carbocycles. The third kappa shape index (κ3) is 7.97. The van der Waals surface area contributed by atoms with Crippen LogP contribution in [0.3, 0.4) is 0 Å². The molecule has 0 spiro atoms. The molecule has 0 heterocycles. The molecular formula is C14H23NO3S. The minimum atomic E-state index is -3.24. The van der Waals surface area contributed by atoms with E-state index in [2.05, 4.69) is 18.6 Å². The zero-order chi connectivity index (χ0) is 14.1. The van der Waals surface area contributed by atoms with Crippen molar-refractivity contribution in [1.82, 2.24) is 4.72 Å². The van der Waals surface area contributed by atoms with Crippen molar-refractivity contribution in [1.29, 1.82) is 0 Å². The molecule has 0 aliphatic heterocycles. The summed E-state index contributed by atoms with van der Waals surface area (Å²) in [4.78, 5) is 0. The van der Waals surface area contributed by atoms with Gasteiger partial charge in [0.15, 0.2) is 0 Å². The van der Waals surface area contributed by atoms with Gasteiger partial charge in [-0.05, 0) is 17.9 Å². The van der Waals surface area contributed by atoms with Crippen molar-refractivity contribution in [2.45, 2.75) is 26.0 Å². The molecule has 0 fully saturated rings. The Labute approximate surface area is 116 Å². The average Bonchev–Trinajstić information content (AvgIpc) is 2.34. The first-order valence-corrected chi connectivity index (χ1v) is 8.24. The largest absolute Gasteiger partial charge is 0.381 e. The monoisotopic (exact) mass is 285 g/mol. The van der Waals surface area contributed by atoms with Gasteiger partial charge >= 0.3 is 0 Å². The van der Waals surface area contributed by atoms with E-state index in [1.54, 1.807) is 0 Å². The first-order chi connectivity index (χ1) is 8.99. The van der Waals surface area contributed by atoms with Gasteiger partial charge in [-0.25, -0.2) is 13.1 Å². The molecule has 0 saturated carbocycles. The zero-order valence-electron chi connectivity index (χ0n) is 11.6. The van der Waals surface area contributed by atoms with E-state index in [-0.39, 0.29) is 5.75 Å². The summed E-state index contributed by atoms with van der Waals surface area (Å²) in [6, 6.07) is 9.17. The number of ether oxygens (including phenoxy) is 1. The van der Waals surface area contributed by atoms with Crippen LogP contribution in [0.2, 0.25) is 0 Å². The molecule has 0 radical (unpaired) electrons. The van der Waals surface area contributed by atoms with Gasteiger partial charge in [0.1, 0.15) is 0 Å². The lowest BCUT2D eigenvalue weighted by Gasteiger charge is -2.08. The highest BCUT2D eigenvalue weighted by Gasteiger charge is 2.10. The number of sulfonamides is 1. The zero-order valence-corrected chi connectivity index (χ0v) is 12.4. The summed E-state index contributed by atoms with van der Waals surface area (Å²) in [6.07, 6.45) is 0.695. The van der Waals surface area contributed by atoms with Gasteiger partial charge in [-0.1, -0.05) is 44.2 Å². The topological polar surface area (TPSA) is 55.4 Å². The summed E-state index contributed by atoms with van der Waals surface area (Å²) in [7, 11) is -3.24. The molecule has 1 aromatic carbocycles. The number of hydrogen-bond donors (Lipinski definition) is 1. The molecule has 5 heteroatoms. The normalized spacial score (nSPS) is 11.9. The minimum Gasteiger partial charge on any atom is -0.381 e. The van der Waals surface area contributed by atoms with Crippen LogP contribution in [0.4, 0.5) is 0 Å². The predicted molar refractivity (Wildman–Crippen MR) is 77.3 cm³/mol. The van der Waals surface area contributed by atoms with Gasteiger partial charge in [0.25, 0.3) is 0 Å². The van der Waals surface area contributed by atoms with Crippen molar-refractivity contribution in [3.05, 3.63) is 35.9 Å². The fraction of sp³-hybridized carbons (Fsp3) is 0.571. The van der Waals surface area contributed by atoms with Crippen LogP contribution in [0.5, 0.6) is 0 Å². The Morgan fingerprint density at radius 1 is 1.21 bits per heavy atom. The van der Waals surface area contributed by atoms with E-state index in [0.717, 1.165) is 12.2 Å². The molecule has 1 aromatic rings. The van der Waals surface area contributed by atoms with Gasteiger partial charge in [-0.2, -0.15) is 0 Å². The SMILES string of the molecule is CC(C)COCCCNS(=O)(=O)Cc1ccccc1. The van der Waals surface area contributed by atoms with E-state index in [4.69, 9.17) is 4.74 Å². The fourth-order valence-electron chi connectivity index (χ4n) is 1.57. The number of benzene rings is 1. The second-order valence-electron chi connectivity index (χ2n) is 4.96. The number of nitrogens with one attached hydrogen (secondary N) is 1. The van der Waals surface area contributed by atoms with E-state index < -0.39 is 10.0 Å². The second-order valence-corrected chi connectivity index (χ2v) is 6.77. The Hall–Kier alpha value is -0.910. The highest BCUT2D eigenvalue weighted by Crippen LogP contribution is 2.03. The van der Waals surface area contributed by atoms with Crippen LogP contribution in [-0.2, 0) is 20.5 Å². The molecule has 0 bridgehead atoms. The maximum absolute atomic E-state index is 11.8. The molecular weight excluding hydrogens is 262 g/mol. The molecule has 0 aromatic heterocycles. The van der Waals surface area contributed by atoms with Crippen LogP contribution in [-0.4, -0.2) is 28.2 Å². The average molecular weight is 285 g/mol. The van der Waals surface area contributed by atoms with E-state index in [1.807, 2.05) is 30.3 Å². The van der Waals surface area contributed by atoms with Gasteiger partial charge in [0.2, 0.25) is 10.0 Å². The first kappa shape index (κ1) is 16.1. The lowest BCUT2D eigenvalue weighted by Crippen LogP contribution is -2.27. The molecule has 0 aliphatic rings. The molecule has 0 atom stereocenters. The fourth-order valence-corrected chi connectivity index (χ4v) is 2.75. The number of rotatable bonds is 9. The van der Waals surface area contributed by atoms with Crippen molar-refractivity contribution in [2.75, 3.05) is 19.8 Å². The lowest BCUT2D eigenvalue weighted by molar-refractivity contribution is 0.108. The lowest BCUT2D eigenvalue weighted by atomic mass is 10.2. The summed E-state index contributed by atoms with van der Waals surface area (Å²) in [5.41, 5.74) is 0.797. The van der Waals surface area contributed by atoms with Crippen LogP contribution in [0.15, 0.2) is 30.3 Å². The van der Waals surface area contributed by atoms with Crippen molar-refractivity contribution in [3.63, 3.8) is 0 Å². The summed E-state index contributed by atoms with van der Waals surface area (Å²) < 4.78 is 31.6. The van der Waals surface area contributed by atoms with Gasteiger partial charge in [-0.3, -0.25) is 0 Å². The Morgan fingerprint density at radius 2 is 1.89 bits per heavy atom. The quantitative estimate of drug-likeness (QED) is 0.707. The Balaban J connectivity index is 2.21. The Morgan fingerprint density at radius 3 is 2.53 bits per heavy atom. The van der Waals surface area contributed by atoms with E-state index in [1.165, 1.54) is 0 Å². The summed E-state index contributed by atoms with van der Waals surface area (Å²) in [5.74, 6) is 0.538.